The topological polar surface area (TPSA) is 58.6 Å². The van der Waals surface area contributed by atoms with Crippen molar-refractivity contribution in [3.63, 3.8) is 0 Å². The van der Waals surface area contributed by atoms with Gasteiger partial charge in [-0.05, 0) is 25.0 Å². The number of likely N-dealkylation sites (tertiary alicyclic amines) is 1. The van der Waals surface area contributed by atoms with Crippen molar-refractivity contribution in [2.75, 3.05) is 26.7 Å². The van der Waals surface area contributed by atoms with Gasteiger partial charge in [0.2, 0.25) is 5.91 Å². The Labute approximate surface area is 118 Å². The van der Waals surface area contributed by atoms with Crippen LogP contribution in [0.25, 0.3) is 0 Å². The number of hydrogen-bond acceptors (Lipinski definition) is 3. The van der Waals surface area contributed by atoms with E-state index in [2.05, 4.69) is 5.32 Å². The van der Waals surface area contributed by atoms with Crippen molar-refractivity contribution < 1.29 is 14.3 Å². The highest BCUT2D eigenvalue weighted by Gasteiger charge is 2.26. The first-order valence-corrected chi connectivity index (χ1v) is 6.88. The van der Waals surface area contributed by atoms with Crippen molar-refractivity contribution in [1.82, 2.24) is 10.2 Å². The van der Waals surface area contributed by atoms with Crippen LogP contribution in [0.3, 0.4) is 0 Å². The van der Waals surface area contributed by atoms with E-state index >= 15 is 0 Å². The minimum absolute atomic E-state index is 0.0239. The van der Waals surface area contributed by atoms with Crippen LogP contribution in [0, 0.1) is 5.92 Å². The van der Waals surface area contributed by atoms with E-state index in [1.165, 1.54) is 0 Å². The molecule has 0 aliphatic carbocycles. The lowest BCUT2D eigenvalue weighted by Gasteiger charge is -2.31. The first-order chi connectivity index (χ1) is 9.70. The number of ether oxygens (including phenoxy) is 1. The molecule has 0 unspecified atom stereocenters. The number of para-hydroxylation sites is 1. The fraction of sp³-hybridized carbons (Fsp3) is 0.467. The highest BCUT2D eigenvalue weighted by Crippen LogP contribution is 2.17. The van der Waals surface area contributed by atoms with Crippen molar-refractivity contribution in [2.45, 2.75) is 12.8 Å². The van der Waals surface area contributed by atoms with Crippen LogP contribution >= 0.6 is 0 Å². The van der Waals surface area contributed by atoms with Gasteiger partial charge in [-0.1, -0.05) is 18.2 Å². The zero-order valence-corrected chi connectivity index (χ0v) is 11.7. The van der Waals surface area contributed by atoms with Gasteiger partial charge in [0, 0.05) is 26.1 Å². The fourth-order valence-electron chi connectivity index (χ4n) is 2.35. The summed E-state index contributed by atoms with van der Waals surface area (Å²) in [7, 11) is 1.65. The van der Waals surface area contributed by atoms with Gasteiger partial charge in [-0.15, -0.1) is 0 Å². The van der Waals surface area contributed by atoms with Gasteiger partial charge in [0.25, 0.3) is 5.91 Å². The molecule has 1 aliphatic rings. The fourth-order valence-corrected chi connectivity index (χ4v) is 2.35. The van der Waals surface area contributed by atoms with Gasteiger partial charge in [0.15, 0.2) is 6.61 Å². The molecule has 2 rings (SSSR count). The molecular formula is C15H20N2O3. The van der Waals surface area contributed by atoms with Crippen LogP contribution in [-0.4, -0.2) is 43.5 Å². The van der Waals surface area contributed by atoms with Crippen molar-refractivity contribution >= 4 is 11.8 Å². The standard InChI is InChI=1S/C15H20N2O3/c1-16-15(19)12-7-9-17(10-8-12)14(18)11-20-13-5-3-2-4-6-13/h2-6,12H,7-11H2,1H3,(H,16,19). The quantitative estimate of drug-likeness (QED) is 0.894. The van der Waals surface area contributed by atoms with Crippen LogP contribution in [0.5, 0.6) is 5.75 Å². The number of nitrogens with one attached hydrogen (secondary N) is 1. The summed E-state index contributed by atoms with van der Waals surface area (Å²) >= 11 is 0. The van der Waals surface area contributed by atoms with E-state index in [-0.39, 0.29) is 24.3 Å². The number of carbonyl (C=O) groups is 2. The summed E-state index contributed by atoms with van der Waals surface area (Å²) in [5.74, 6) is 0.766. The second kappa shape index (κ2) is 6.93. The predicted molar refractivity (Wildman–Crippen MR) is 75.3 cm³/mol. The molecule has 1 aromatic carbocycles. The van der Waals surface area contributed by atoms with Crippen LogP contribution in [0.4, 0.5) is 0 Å². The minimum atomic E-state index is -0.0239. The molecule has 5 heteroatoms. The van der Waals surface area contributed by atoms with E-state index in [4.69, 9.17) is 4.74 Å². The van der Waals surface area contributed by atoms with E-state index in [1.54, 1.807) is 11.9 Å². The zero-order valence-electron chi connectivity index (χ0n) is 11.7. The van der Waals surface area contributed by atoms with E-state index in [0.29, 0.717) is 18.8 Å². The summed E-state index contributed by atoms with van der Waals surface area (Å²) in [6.45, 7) is 1.29. The summed E-state index contributed by atoms with van der Waals surface area (Å²) in [5, 5.41) is 2.66. The van der Waals surface area contributed by atoms with Gasteiger partial charge < -0.3 is 15.0 Å². The van der Waals surface area contributed by atoms with Gasteiger partial charge in [0.1, 0.15) is 5.75 Å². The molecule has 1 fully saturated rings. The largest absolute Gasteiger partial charge is 0.484 e. The lowest BCUT2D eigenvalue weighted by molar-refractivity contribution is -0.137. The Kier molecular flexibility index (Phi) is 4.98. The van der Waals surface area contributed by atoms with Gasteiger partial charge in [-0.2, -0.15) is 0 Å². The maximum atomic E-state index is 12.0. The van der Waals surface area contributed by atoms with Crippen LogP contribution in [0.1, 0.15) is 12.8 Å². The van der Waals surface area contributed by atoms with E-state index < -0.39 is 0 Å². The predicted octanol–water partition coefficient (Wildman–Crippen LogP) is 1.05. The first-order valence-electron chi connectivity index (χ1n) is 6.88. The first kappa shape index (κ1) is 14.4. The average molecular weight is 276 g/mol. The smallest absolute Gasteiger partial charge is 0.260 e. The number of benzene rings is 1. The van der Waals surface area contributed by atoms with Crippen molar-refractivity contribution in [3.8, 4) is 5.75 Å². The molecular weight excluding hydrogens is 256 g/mol. The second-order valence-corrected chi connectivity index (χ2v) is 4.87. The maximum Gasteiger partial charge on any atom is 0.260 e. The minimum Gasteiger partial charge on any atom is -0.484 e. The molecule has 1 aliphatic heterocycles. The van der Waals surface area contributed by atoms with Gasteiger partial charge in [-0.25, -0.2) is 0 Å². The van der Waals surface area contributed by atoms with Crippen LogP contribution in [0.2, 0.25) is 0 Å². The molecule has 0 spiro atoms. The summed E-state index contributed by atoms with van der Waals surface area (Å²) < 4.78 is 5.45. The molecule has 0 bridgehead atoms. The molecule has 108 valence electrons. The summed E-state index contributed by atoms with van der Waals surface area (Å²) in [6, 6.07) is 9.29. The van der Waals surface area contributed by atoms with Gasteiger partial charge in [0.05, 0.1) is 0 Å². The lowest BCUT2D eigenvalue weighted by Crippen LogP contribution is -2.44. The maximum absolute atomic E-state index is 12.0. The number of piperidine rings is 1. The van der Waals surface area contributed by atoms with Crippen LogP contribution in [0.15, 0.2) is 30.3 Å². The van der Waals surface area contributed by atoms with Gasteiger partial charge in [-0.3, -0.25) is 9.59 Å². The number of hydrogen-bond donors (Lipinski definition) is 1. The molecule has 2 amide bonds. The van der Waals surface area contributed by atoms with E-state index in [9.17, 15) is 9.59 Å². The van der Waals surface area contributed by atoms with Crippen molar-refractivity contribution in [3.05, 3.63) is 30.3 Å². The third-order valence-electron chi connectivity index (χ3n) is 3.57. The van der Waals surface area contributed by atoms with E-state index in [0.717, 1.165) is 12.8 Å². The Hall–Kier alpha value is -2.04. The van der Waals surface area contributed by atoms with E-state index in [1.807, 2.05) is 30.3 Å². The molecule has 5 nitrogen and oxygen atoms in total. The van der Waals surface area contributed by atoms with Crippen molar-refractivity contribution in [2.24, 2.45) is 5.92 Å². The molecule has 1 heterocycles. The van der Waals surface area contributed by atoms with Crippen LogP contribution < -0.4 is 10.1 Å². The highest BCUT2D eigenvalue weighted by molar-refractivity contribution is 5.80. The molecule has 0 saturated carbocycles. The monoisotopic (exact) mass is 276 g/mol. The molecule has 0 atom stereocenters. The normalized spacial score (nSPS) is 15.8. The SMILES string of the molecule is CNC(=O)C1CCN(C(=O)COc2ccccc2)CC1. The number of rotatable bonds is 4. The van der Waals surface area contributed by atoms with Crippen molar-refractivity contribution in [1.29, 1.82) is 0 Å². The molecule has 20 heavy (non-hydrogen) atoms. The Morgan fingerprint density at radius 2 is 1.90 bits per heavy atom. The number of amides is 2. The Balaban J connectivity index is 1.76. The third-order valence-corrected chi connectivity index (χ3v) is 3.57. The molecule has 1 aromatic rings. The number of nitrogens with zero attached hydrogens (tertiary/aromatic N) is 1. The Morgan fingerprint density at radius 3 is 2.50 bits per heavy atom. The summed E-state index contributed by atoms with van der Waals surface area (Å²) in [6.07, 6.45) is 1.44. The molecule has 0 aromatic heterocycles. The zero-order chi connectivity index (χ0) is 14.4. The third kappa shape index (κ3) is 3.73. The van der Waals surface area contributed by atoms with Crippen LogP contribution in [-0.2, 0) is 9.59 Å². The summed E-state index contributed by atoms with van der Waals surface area (Å²) in [5.41, 5.74) is 0. The molecule has 1 saturated heterocycles. The Morgan fingerprint density at radius 1 is 1.25 bits per heavy atom. The number of carbonyl (C=O) groups excluding carboxylic acids is 2. The molecule has 1 N–H and O–H groups in total. The highest BCUT2D eigenvalue weighted by atomic mass is 16.5. The Bertz CT molecular complexity index is 453. The average Bonchev–Trinajstić information content (AvgIpc) is 2.53. The summed E-state index contributed by atoms with van der Waals surface area (Å²) in [4.78, 5) is 25.3. The molecule has 0 radical (unpaired) electrons. The van der Waals surface area contributed by atoms with Gasteiger partial charge >= 0.3 is 0 Å². The lowest BCUT2D eigenvalue weighted by atomic mass is 9.96. The second-order valence-electron chi connectivity index (χ2n) is 4.87.